The van der Waals surface area contributed by atoms with E-state index in [1.807, 2.05) is 37.3 Å². The van der Waals surface area contributed by atoms with Crippen LogP contribution in [0.1, 0.15) is 37.4 Å². The zero-order valence-electron chi connectivity index (χ0n) is 14.7. The van der Waals surface area contributed by atoms with Crippen molar-refractivity contribution < 1.29 is 4.79 Å². The highest BCUT2D eigenvalue weighted by atomic mass is 35.5. The van der Waals surface area contributed by atoms with E-state index >= 15 is 0 Å². The second-order valence-corrected chi connectivity index (χ2v) is 7.44. The molecule has 0 aliphatic heterocycles. The molecule has 4 nitrogen and oxygen atoms in total. The predicted molar refractivity (Wildman–Crippen MR) is 108 cm³/mol. The lowest BCUT2D eigenvalue weighted by atomic mass is 9.99. The smallest absolute Gasteiger partial charge is 0.225 e. The van der Waals surface area contributed by atoms with Gasteiger partial charge < -0.3 is 5.32 Å². The van der Waals surface area contributed by atoms with Gasteiger partial charge in [0.15, 0.2) is 0 Å². The average molecular weight is 386 g/mol. The van der Waals surface area contributed by atoms with Crippen LogP contribution in [0.25, 0.3) is 10.6 Å². The van der Waals surface area contributed by atoms with E-state index < -0.39 is 0 Å². The summed E-state index contributed by atoms with van der Waals surface area (Å²) in [4.78, 5) is 20.5. The molecule has 2 heterocycles. The van der Waals surface area contributed by atoms with E-state index in [4.69, 9.17) is 16.6 Å². The minimum atomic E-state index is -0.0513. The third-order valence-electron chi connectivity index (χ3n) is 4.05. The molecule has 26 heavy (non-hydrogen) atoms. The van der Waals surface area contributed by atoms with Gasteiger partial charge >= 0.3 is 0 Å². The van der Waals surface area contributed by atoms with E-state index in [0.29, 0.717) is 18.2 Å². The van der Waals surface area contributed by atoms with Crippen LogP contribution in [0, 0.1) is 0 Å². The number of carbonyl (C=O) groups excluding carboxylic acids is 1. The molecule has 6 heteroatoms. The predicted octanol–water partition coefficient (Wildman–Crippen LogP) is 5.55. The first kappa shape index (κ1) is 18.5. The number of anilines is 1. The summed E-state index contributed by atoms with van der Waals surface area (Å²) >= 11 is 7.67. The van der Waals surface area contributed by atoms with Crippen LogP contribution in [-0.4, -0.2) is 15.9 Å². The van der Waals surface area contributed by atoms with Gasteiger partial charge in [-0.25, -0.2) is 9.97 Å². The monoisotopic (exact) mass is 385 g/mol. The number of halogens is 1. The maximum absolute atomic E-state index is 11.5. The van der Waals surface area contributed by atoms with Crippen LogP contribution in [-0.2, 0) is 11.2 Å². The van der Waals surface area contributed by atoms with E-state index in [2.05, 4.69) is 28.7 Å². The summed E-state index contributed by atoms with van der Waals surface area (Å²) in [5.74, 6) is 0.794. The molecule has 0 saturated heterocycles. The number of thiazole rings is 1. The summed E-state index contributed by atoms with van der Waals surface area (Å²) in [5, 5.41) is 6.56. The topological polar surface area (TPSA) is 54.9 Å². The molecule has 0 aliphatic rings. The largest absolute Gasteiger partial charge is 0.311 e. The zero-order valence-corrected chi connectivity index (χ0v) is 16.3. The summed E-state index contributed by atoms with van der Waals surface area (Å²) in [6.45, 7) is 3.98. The fourth-order valence-electron chi connectivity index (χ4n) is 2.63. The minimum Gasteiger partial charge on any atom is -0.311 e. The number of aromatic nitrogens is 2. The number of nitrogens with one attached hydrogen (secondary N) is 1. The normalized spacial score (nSPS) is 12.0. The molecule has 134 valence electrons. The van der Waals surface area contributed by atoms with Gasteiger partial charge in [-0.2, -0.15) is 0 Å². The maximum Gasteiger partial charge on any atom is 0.225 e. The highest BCUT2D eigenvalue weighted by molar-refractivity contribution is 7.13. The molecule has 0 spiro atoms. The number of hydrogen-bond acceptors (Lipinski definition) is 4. The Kier molecular flexibility index (Phi) is 6.01. The van der Waals surface area contributed by atoms with E-state index in [9.17, 15) is 4.79 Å². The molecule has 1 atom stereocenters. The van der Waals surface area contributed by atoms with Crippen molar-refractivity contribution in [2.24, 2.45) is 0 Å². The van der Waals surface area contributed by atoms with Crippen molar-refractivity contribution in [2.75, 3.05) is 5.32 Å². The van der Waals surface area contributed by atoms with Gasteiger partial charge in [-0.15, -0.1) is 11.3 Å². The van der Waals surface area contributed by atoms with Crippen LogP contribution in [0.2, 0.25) is 5.02 Å². The minimum absolute atomic E-state index is 0.0513. The molecule has 0 bridgehead atoms. The molecule has 2 aromatic heterocycles. The fraction of sp³-hybridized carbons (Fsp3) is 0.250. The Morgan fingerprint density at radius 1 is 1.31 bits per heavy atom. The Balaban J connectivity index is 1.75. The Morgan fingerprint density at radius 3 is 2.92 bits per heavy atom. The molecule has 1 amide bonds. The third kappa shape index (κ3) is 4.68. The van der Waals surface area contributed by atoms with Crippen LogP contribution in [0.3, 0.4) is 0 Å². The fourth-order valence-corrected chi connectivity index (χ4v) is 3.78. The number of hydrogen-bond donors (Lipinski definition) is 1. The lowest BCUT2D eigenvalue weighted by Gasteiger charge is -2.09. The molecule has 0 fully saturated rings. The molecular weight excluding hydrogens is 366 g/mol. The standard InChI is InChI=1S/C20H20ClN3OS/c1-3-19(25)24-18-11-15(7-8-22-18)20-23-17(12-26-20)13(2)9-14-5-4-6-16(21)10-14/h4-8,10-13H,3,9H2,1-2H3,(H,22,24,25). The van der Waals surface area contributed by atoms with Gasteiger partial charge in [0, 0.05) is 34.5 Å². The van der Waals surface area contributed by atoms with Gasteiger partial charge in [-0.05, 0) is 36.2 Å². The second-order valence-electron chi connectivity index (χ2n) is 6.14. The molecule has 1 unspecified atom stereocenters. The molecule has 1 N–H and O–H groups in total. The number of benzene rings is 1. The van der Waals surface area contributed by atoms with Gasteiger partial charge in [0.1, 0.15) is 10.8 Å². The number of pyridine rings is 1. The van der Waals surface area contributed by atoms with E-state index in [-0.39, 0.29) is 5.91 Å². The average Bonchev–Trinajstić information content (AvgIpc) is 3.12. The molecule has 0 saturated carbocycles. The summed E-state index contributed by atoms with van der Waals surface area (Å²) in [7, 11) is 0. The summed E-state index contributed by atoms with van der Waals surface area (Å²) in [6.07, 6.45) is 3.00. The molecule has 3 rings (SSSR count). The van der Waals surface area contributed by atoms with Gasteiger partial charge in [0.2, 0.25) is 5.91 Å². The maximum atomic E-state index is 11.5. The SMILES string of the molecule is CCC(=O)Nc1cc(-c2nc(C(C)Cc3cccc(Cl)c3)cs2)ccn1. The van der Waals surface area contributed by atoms with Crippen molar-refractivity contribution >= 4 is 34.7 Å². The summed E-state index contributed by atoms with van der Waals surface area (Å²) < 4.78 is 0. The third-order valence-corrected chi connectivity index (χ3v) is 5.20. The van der Waals surface area contributed by atoms with Crippen molar-refractivity contribution in [2.45, 2.75) is 32.6 Å². The number of amides is 1. The van der Waals surface area contributed by atoms with Crippen molar-refractivity contribution in [3.8, 4) is 10.6 Å². The first-order chi connectivity index (χ1) is 12.5. The second kappa shape index (κ2) is 8.43. The van der Waals surface area contributed by atoms with Gasteiger partial charge in [0.05, 0.1) is 5.69 Å². The number of carbonyl (C=O) groups is 1. The number of rotatable bonds is 6. The summed E-state index contributed by atoms with van der Waals surface area (Å²) in [6, 6.07) is 11.7. The number of nitrogens with zero attached hydrogens (tertiary/aromatic N) is 2. The first-order valence-corrected chi connectivity index (χ1v) is 9.77. The van der Waals surface area contributed by atoms with E-state index in [0.717, 1.165) is 27.7 Å². The van der Waals surface area contributed by atoms with Gasteiger partial charge in [-0.1, -0.05) is 37.6 Å². The van der Waals surface area contributed by atoms with Crippen molar-refractivity contribution in [3.63, 3.8) is 0 Å². The Labute approximate surface area is 162 Å². The van der Waals surface area contributed by atoms with Crippen LogP contribution >= 0.6 is 22.9 Å². The molecule has 0 aliphatic carbocycles. The van der Waals surface area contributed by atoms with Crippen molar-refractivity contribution in [1.29, 1.82) is 0 Å². The molecule has 0 radical (unpaired) electrons. The van der Waals surface area contributed by atoms with Crippen LogP contribution < -0.4 is 5.32 Å². The van der Waals surface area contributed by atoms with Crippen LogP contribution in [0.15, 0.2) is 48.0 Å². The van der Waals surface area contributed by atoms with Crippen molar-refractivity contribution in [3.05, 3.63) is 64.3 Å². The first-order valence-electron chi connectivity index (χ1n) is 8.51. The molecule has 3 aromatic rings. The highest BCUT2D eigenvalue weighted by Crippen LogP contribution is 2.29. The quantitative estimate of drug-likeness (QED) is 0.604. The zero-order chi connectivity index (χ0) is 18.5. The van der Waals surface area contributed by atoms with E-state index in [1.165, 1.54) is 5.56 Å². The lowest BCUT2D eigenvalue weighted by Crippen LogP contribution is -2.10. The molecule has 1 aromatic carbocycles. The Bertz CT molecular complexity index is 909. The Hall–Kier alpha value is -2.24. The van der Waals surface area contributed by atoms with Gasteiger partial charge in [-0.3, -0.25) is 4.79 Å². The van der Waals surface area contributed by atoms with E-state index in [1.54, 1.807) is 17.5 Å². The summed E-state index contributed by atoms with van der Waals surface area (Å²) in [5.41, 5.74) is 3.21. The van der Waals surface area contributed by atoms with Crippen LogP contribution in [0.4, 0.5) is 5.82 Å². The van der Waals surface area contributed by atoms with Gasteiger partial charge in [0.25, 0.3) is 0 Å². The lowest BCUT2D eigenvalue weighted by molar-refractivity contribution is -0.115. The van der Waals surface area contributed by atoms with Crippen LogP contribution in [0.5, 0.6) is 0 Å². The Morgan fingerprint density at radius 2 is 2.15 bits per heavy atom. The molecular formula is C20H20ClN3OS. The van der Waals surface area contributed by atoms with Crippen molar-refractivity contribution in [1.82, 2.24) is 9.97 Å². The highest BCUT2D eigenvalue weighted by Gasteiger charge is 2.13.